The molecule has 0 aliphatic rings. The molecule has 8 heteroatoms. The monoisotopic (exact) mass is 316 g/mol. The van der Waals surface area contributed by atoms with Crippen LogP contribution in [0.1, 0.15) is 25.3 Å². The Kier molecular flexibility index (Phi) is 6.25. The minimum absolute atomic E-state index is 0.0107. The van der Waals surface area contributed by atoms with Crippen molar-refractivity contribution in [3.8, 4) is 0 Å². The molecular weight excluding hydrogens is 296 g/mol. The Morgan fingerprint density at radius 2 is 2.10 bits per heavy atom. The zero-order chi connectivity index (χ0) is 16.0. The van der Waals surface area contributed by atoms with E-state index in [4.69, 9.17) is 5.11 Å². The number of nitrogens with zero attached hydrogens (tertiary/aromatic N) is 1. The molecule has 1 rings (SSSR count). The van der Waals surface area contributed by atoms with Gasteiger partial charge in [-0.05, 0) is 30.9 Å². The van der Waals surface area contributed by atoms with Crippen LogP contribution in [-0.2, 0) is 10.0 Å². The zero-order valence-electron chi connectivity index (χ0n) is 12.1. The van der Waals surface area contributed by atoms with Gasteiger partial charge in [0.25, 0.3) is 5.69 Å². The number of aliphatic hydroxyl groups is 1. The van der Waals surface area contributed by atoms with Gasteiger partial charge in [0.1, 0.15) is 0 Å². The van der Waals surface area contributed by atoms with Crippen LogP contribution in [0, 0.1) is 23.0 Å². The van der Waals surface area contributed by atoms with Crippen molar-refractivity contribution >= 4 is 15.7 Å². The van der Waals surface area contributed by atoms with Gasteiger partial charge in [-0.25, -0.2) is 13.1 Å². The molecule has 1 aromatic rings. The van der Waals surface area contributed by atoms with Crippen molar-refractivity contribution in [3.63, 3.8) is 0 Å². The number of rotatable bonds is 8. The van der Waals surface area contributed by atoms with Crippen LogP contribution in [0.15, 0.2) is 23.1 Å². The first-order valence-corrected chi connectivity index (χ1v) is 8.15. The summed E-state index contributed by atoms with van der Waals surface area (Å²) in [5.74, 6) is 0.0585. The number of hydrogen-bond donors (Lipinski definition) is 2. The van der Waals surface area contributed by atoms with Gasteiger partial charge in [-0.2, -0.15) is 0 Å². The number of benzene rings is 1. The maximum absolute atomic E-state index is 12.2. The summed E-state index contributed by atoms with van der Waals surface area (Å²) >= 11 is 0. The van der Waals surface area contributed by atoms with Crippen LogP contribution in [-0.4, -0.2) is 31.6 Å². The molecule has 0 radical (unpaired) electrons. The van der Waals surface area contributed by atoms with Gasteiger partial charge in [-0.15, -0.1) is 0 Å². The lowest BCUT2D eigenvalue weighted by molar-refractivity contribution is -0.385. The third-order valence-corrected chi connectivity index (χ3v) is 4.92. The molecule has 0 amide bonds. The highest BCUT2D eigenvalue weighted by atomic mass is 32.2. The van der Waals surface area contributed by atoms with Crippen molar-refractivity contribution in [3.05, 3.63) is 33.9 Å². The molecule has 0 saturated heterocycles. The molecule has 0 aromatic heterocycles. The van der Waals surface area contributed by atoms with E-state index in [0.717, 1.165) is 6.42 Å². The van der Waals surface area contributed by atoms with Gasteiger partial charge in [0.05, 0.1) is 9.82 Å². The van der Waals surface area contributed by atoms with Crippen LogP contribution in [0.25, 0.3) is 0 Å². The Bertz CT molecular complexity index is 601. The number of sulfonamides is 1. The Labute approximate surface area is 124 Å². The molecule has 0 fully saturated rings. The molecule has 1 unspecified atom stereocenters. The molecule has 0 aliphatic heterocycles. The highest BCUT2D eigenvalue weighted by Gasteiger charge is 2.20. The lowest BCUT2D eigenvalue weighted by Crippen LogP contribution is -2.30. The quantitative estimate of drug-likeness (QED) is 0.559. The Hall–Kier alpha value is -1.51. The predicted octanol–water partition coefficient (Wildman–Crippen LogP) is 1.59. The normalized spacial score (nSPS) is 13.1. The molecule has 1 atom stereocenters. The largest absolute Gasteiger partial charge is 0.396 e. The number of nitro groups is 1. The lowest BCUT2D eigenvalue weighted by atomic mass is 10.0. The highest BCUT2D eigenvalue weighted by molar-refractivity contribution is 7.89. The van der Waals surface area contributed by atoms with E-state index in [0.29, 0.717) is 12.0 Å². The third kappa shape index (κ3) is 4.76. The van der Waals surface area contributed by atoms with Crippen molar-refractivity contribution in [2.45, 2.75) is 31.6 Å². The average Bonchev–Trinajstić information content (AvgIpc) is 2.42. The fourth-order valence-electron chi connectivity index (χ4n) is 1.99. The Morgan fingerprint density at radius 1 is 1.43 bits per heavy atom. The zero-order valence-corrected chi connectivity index (χ0v) is 12.9. The van der Waals surface area contributed by atoms with Gasteiger partial charge in [-0.1, -0.05) is 13.3 Å². The van der Waals surface area contributed by atoms with Crippen molar-refractivity contribution in [1.29, 1.82) is 0 Å². The van der Waals surface area contributed by atoms with Crippen LogP contribution in [0.4, 0.5) is 5.69 Å². The van der Waals surface area contributed by atoms with E-state index in [-0.39, 0.29) is 29.7 Å². The molecule has 7 nitrogen and oxygen atoms in total. The van der Waals surface area contributed by atoms with E-state index >= 15 is 0 Å². The van der Waals surface area contributed by atoms with E-state index < -0.39 is 14.9 Å². The van der Waals surface area contributed by atoms with Gasteiger partial charge < -0.3 is 5.11 Å². The number of hydrogen-bond acceptors (Lipinski definition) is 5. The van der Waals surface area contributed by atoms with Gasteiger partial charge >= 0.3 is 0 Å². The summed E-state index contributed by atoms with van der Waals surface area (Å²) in [4.78, 5) is 10.1. The molecule has 2 N–H and O–H groups in total. The summed E-state index contributed by atoms with van der Waals surface area (Å²) in [6.45, 7) is 3.69. The van der Waals surface area contributed by atoms with Crippen molar-refractivity contribution in [2.75, 3.05) is 13.2 Å². The maximum atomic E-state index is 12.2. The molecule has 0 bridgehead atoms. The summed E-state index contributed by atoms with van der Waals surface area (Å²) in [6.07, 6.45) is 1.28. The minimum atomic E-state index is -3.71. The molecule has 0 saturated carbocycles. The van der Waals surface area contributed by atoms with Gasteiger partial charge in [0.2, 0.25) is 10.0 Å². The summed E-state index contributed by atoms with van der Waals surface area (Å²) < 4.78 is 26.9. The predicted molar refractivity (Wildman–Crippen MR) is 78.5 cm³/mol. The van der Waals surface area contributed by atoms with Crippen molar-refractivity contribution < 1.29 is 18.4 Å². The molecule has 0 aliphatic carbocycles. The second kappa shape index (κ2) is 7.48. The summed E-state index contributed by atoms with van der Waals surface area (Å²) in [6, 6.07) is 3.65. The first-order chi connectivity index (χ1) is 9.81. The standard InChI is InChI=1S/C13H20N2O5S/c1-3-11(6-7-16)9-14-21(19,20)13-5-4-12(15(17)18)8-10(13)2/h4-5,8,11,14,16H,3,6-7,9H2,1-2H3. The first-order valence-electron chi connectivity index (χ1n) is 6.67. The van der Waals surface area contributed by atoms with Crippen LogP contribution in [0.5, 0.6) is 0 Å². The smallest absolute Gasteiger partial charge is 0.269 e. The summed E-state index contributed by atoms with van der Waals surface area (Å²) in [7, 11) is -3.71. The van der Waals surface area contributed by atoms with E-state index in [1.165, 1.54) is 25.1 Å². The Balaban J connectivity index is 2.90. The van der Waals surface area contributed by atoms with Crippen LogP contribution in [0.2, 0.25) is 0 Å². The molecule has 0 spiro atoms. The summed E-state index contributed by atoms with van der Waals surface area (Å²) in [5, 5.41) is 19.6. The van der Waals surface area contributed by atoms with Gasteiger partial charge in [-0.3, -0.25) is 10.1 Å². The first kappa shape index (κ1) is 17.5. The number of aryl methyl sites for hydroxylation is 1. The third-order valence-electron chi connectivity index (χ3n) is 3.34. The second-order valence-electron chi connectivity index (χ2n) is 4.85. The van der Waals surface area contributed by atoms with E-state index in [2.05, 4.69) is 4.72 Å². The maximum Gasteiger partial charge on any atom is 0.269 e. The molecular formula is C13H20N2O5S. The van der Waals surface area contributed by atoms with Crippen LogP contribution >= 0.6 is 0 Å². The van der Waals surface area contributed by atoms with Crippen molar-refractivity contribution in [2.24, 2.45) is 5.92 Å². The average molecular weight is 316 g/mol. The molecule has 1 aromatic carbocycles. The van der Waals surface area contributed by atoms with Crippen LogP contribution in [0.3, 0.4) is 0 Å². The number of nitrogens with one attached hydrogen (secondary N) is 1. The number of aliphatic hydroxyl groups excluding tert-OH is 1. The van der Waals surface area contributed by atoms with E-state index in [9.17, 15) is 18.5 Å². The fraction of sp³-hybridized carbons (Fsp3) is 0.538. The fourth-order valence-corrected chi connectivity index (χ4v) is 3.33. The van der Waals surface area contributed by atoms with E-state index in [1.54, 1.807) is 0 Å². The molecule has 21 heavy (non-hydrogen) atoms. The minimum Gasteiger partial charge on any atom is -0.396 e. The summed E-state index contributed by atoms with van der Waals surface area (Å²) in [5.41, 5.74) is 0.185. The van der Waals surface area contributed by atoms with Crippen molar-refractivity contribution in [1.82, 2.24) is 4.72 Å². The topological polar surface area (TPSA) is 110 Å². The lowest BCUT2D eigenvalue weighted by Gasteiger charge is -2.15. The SMILES string of the molecule is CCC(CCO)CNS(=O)(=O)c1ccc([N+](=O)[O-])cc1C. The molecule has 0 heterocycles. The number of nitro benzene ring substituents is 1. The highest BCUT2D eigenvalue weighted by Crippen LogP contribution is 2.21. The van der Waals surface area contributed by atoms with Crippen LogP contribution < -0.4 is 4.72 Å². The Morgan fingerprint density at radius 3 is 2.57 bits per heavy atom. The molecule has 118 valence electrons. The van der Waals surface area contributed by atoms with E-state index in [1.807, 2.05) is 6.92 Å². The van der Waals surface area contributed by atoms with Gasteiger partial charge in [0, 0.05) is 25.3 Å². The van der Waals surface area contributed by atoms with Gasteiger partial charge in [0.15, 0.2) is 0 Å². The second-order valence-corrected chi connectivity index (χ2v) is 6.58. The number of non-ortho nitro benzene ring substituents is 1.